The smallest absolute Gasteiger partial charge is 0.315 e. The van der Waals surface area contributed by atoms with Crippen molar-refractivity contribution in [3.05, 3.63) is 29.8 Å². The molecule has 1 fully saturated rings. The molecule has 110 valence electrons. The number of amides is 2. The Hall–Kier alpha value is -1.24. The first-order valence-electron chi connectivity index (χ1n) is 6.75. The predicted molar refractivity (Wildman–Crippen MR) is 81.1 cm³/mol. The van der Waals surface area contributed by atoms with Crippen molar-refractivity contribution in [2.45, 2.75) is 17.5 Å². The van der Waals surface area contributed by atoms with Crippen LogP contribution in [0, 0.1) is 0 Å². The van der Waals surface area contributed by atoms with Gasteiger partial charge in [-0.05, 0) is 24.0 Å². The van der Waals surface area contributed by atoms with Crippen molar-refractivity contribution in [2.75, 3.05) is 32.5 Å². The third kappa shape index (κ3) is 5.03. The van der Waals surface area contributed by atoms with E-state index in [4.69, 9.17) is 4.74 Å². The molecule has 0 aliphatic carbocycles. The van der Waals surface area contributed by atoms with Gasteiger partial charge in [0.05, 0.1) is 12.7 Å². The zero-order valence-corrected chi connectivity index (χ0v) is 12.5. The van der Waals surface area contributed by atoms with Gasteiger partial charge in [-0.1, -0.05) is 12.1 Å². The van der Waals surface area contributed by atoms with Crippen LogP contribution in [-0.2, 0) is 11.3 Å². The first kappa shape index (κ1) is 15.2. The van der Waals surface area contributed by atoms with E-state index >= 15 is 0 Å². The number of morpholine rings is 1. The molecule has 1 saturated heterocycles. The van der Waals surface area contributed by atoms with E-state index in [2.05, 4.69) is 28.1 Å². The number of nitrogens with one attached hydrogen (secondary N) is 3. The lowest BCUT2D eigenvalue weighted by Gasteiger charge is -2.23. The van der Waals surface area contributed by atoms with Crippen LogP contribution in [0.2, 0.25) is 0 Å². The Morgan fingerprint density at radius 2 is 2.20 bits per heavy atom. The number of hydrogen-bond acceptors (Lipinski definition) is 4. The van der Waals surface area contributed by atoms with Gasteiger partial charge in [0.25, 0.3) is 0 Å². The second kappa shape index (κ2) is 8.14. The monoisotopic (exact) mass is 295 g/mol. The van der Waals surface area contributed by atoms with E-state index in [1.807, 2.05) is 18.4 Å². The van der Waals surface area contributed by atoms with Gasteiger partial charge >= 0.3 is 6.03 Å². The van der Waals surface area contributed by atoms with Crippen molar-refractivity contribution < 1.29 is 9.53 Å². The lowest BCUT2D eigenvalue weighted by Crippen LogP contribution is -2.47. The second-order valence-electron chi connectivity index (χ2n) is 4.61. The average Bonchev–Trinajstić information content (AvgIpc) is 2.52. The van der Waals surface area contributed by atoms with E-state index < -0.39 is 0 Å². The van der Waals surface area contributed by atoms with Crippen LogP contribution >= 0.6 is 11.8 Å². The zero-order chi connectivity index (χ0) is 14.2. The molecule has 3 N–H and O–H groups in total. The van der Waals surface area contributed by atoms with Gasteiger partial charge in [-0.15, -0.1) is 11.8 Å². The lowest BCUT2D eigenvalue weighted by atomic mass is 10.2. The van der Waals surface area contributed by atoms with E-state index in [1.54, 1.807) is 11.8 Å². The molecule has 1 unspecified atom stereocenters. The molecule has 1 aromatic carbocycles. The van der Waals surface area contributed by atoms with E-state index in [0.29, 0.717) is 19.7 Å². The molecule has 1 atom stereocenters. The summed E-state index contributed by atoms with van der Waals surface area (Å²) in [6.45, 7) is 3.44. The number of rotatable bonds is 5. The SMILES string of the molecule is CSc1ccc(CNC(=O)NCC2CNCCO2)cc1. The number of urea groups is 1. The Bertz CT molecular complexity index is 419. The highest BCUT2D eigenvalue weighted by Gasteiger charge is 2.13. The number of carbonyl (C=O) groups is 1. The molecule has 1 aliphatic rings. The maximum absolute atomic E-state index is 11.7. The van der Waals surface area contributed by atoms with Crippen molar-refractivity contribution in [1.82, 2.24) is 16.0 Å². The Balaban J connectivity index is 1.66. The molecule has 0 saturated carbocycles. The van der Waals surface area contributed by atoms with Crippen LogP contribution in [0.5, 0.6) is 0 Å². The maximum Gasteiger partial charge on any atom is 0.315 e. The van der Waals surface area contributed by atoms with Gasteiger partial charge in [-0.2, -0.15) is 0 Å². The largest absolute Gasteiger partial charge is 0.374 e. The van der Waals surface area contributed by atoms with Crippen molar-refractivity contribution in [2.24, 2.45) is 0 Å². The number of hydrogen-bond donors (Lipinski definition) is 3. The van der Waals surface area contributed by atoms with Crippen LogP contribution in [-0.4, -0.2) is 44.6 Å². The second-order valence-corrected chi connectivity index (χ2v) is 5.49. The normalized spacial score (nSPS) is 18.6. The molecule has 5 nitrogen and oxygen atoms in total. The number of benzene rings is 1. The molecule has 1 heterocycles. The van der Waals surface area contributed by atoms with Crippen LogP contribution in [0.3, 0.4) is 0 Å². The van der Waals surface area contributed by atoms with Crippen molar-refractivity contribution in [3.8, 4) is 0 Å². The summed E-state index contributed by atoms with van der Waals surface area (Å²) in [5.74, 6) is 0. The molecule has 0 radical (unpaired) electrons. The fourth-order valence-corrected chi connectivity index (χ4v) is 2.35. The van der Waals surface area contributed by atoms with Crippen LogP contribution in [0.25, 0.3) is 0 Å². The summed E-state index contributed by atoms with van der Waals surface area (Å²) in [6.07, 6.45) is 2.11. The Kier molecular flexibility index (Phi) is 6.17. The minimum atomic E-state index is -0.159. The number of thioether (sulfide) groups is 1. The summed E-state index contributed by atoms with van der Waals surface area (Å²) in [7, 11) is 0. The average molecular weight is 295 g/mol. The Morgan fingerprint density at radius 3 is 2.85 bits per heavy atom. The maximum atomic E-state index is 11.7. The van der Waals surface area contributed by atoms with Gasteiger partial charge in [0.15, 0.2) is 0 Å². The summed E-state index contributed by atoms with van der Waals surface area (Å²) >= 11 is 1.71. The van der Waals surface area contributed by atoms with Gasteiger partial charge in [0, 0.05) is 31.1 Å². The van der Waals surface area contributed by atoms with Gasteiger partial charge in [0.1, 0.15) is 0 Å². The molecule has 1 aromatic rings. The highest BCUT2D eigenvalue weighted by atomic mass is 32.2. The van der Waals surface area contributed by atoms with E-state index in [-0.39, 0.29) is 12.1 Å². The van der Waals surface area contributed by atoms with Crippen LogP contribution < -0.4 is 16.0 Å². The van der Waals surface area contributed by atoms with Crippen LogP contribution in [0.1, 0.15) is 5.56 Å². The standard InChI is InChI=1S/C14H21N3O2S/c1-20-13-4-2-11(3-5-13)8-16-14(18)17-10-12-9-15-6-7-19-12/h2-5,12,15H,6-10H2,1H3,(H2,16,17,18). The minimum absolute atomic E-state index is 0.0652. The highest BCUT2D eigenvalue weighted by molar-refractivity contribution is 7.98. The van der Waals surface area contributed by atoms with E-state index in [0.717, 1.165) is 18.7 Å². The van der Waals surface area contributed by atoms with Crippen LogP contribution in [0.4, 0.5) is 4.79 Å². The molecule has 0 bridgehead atoms. The van der Waals surface area contributed by atoms with Crippen molar-refractivity contribution in [1.29, 1.82) is 0 Å². The topological polar surface area (TPSA) is 62.4 Å². The summed E-state index contributed by atoms with van der Waals surface area (Å²) in [6, 6.07) is 8.01. The molecule has 1 aliphatic heterocycles. The zero-order valence-electron chi connectivity index (χ0n) is 11.6. The molecular weight excluding hydrogens is 274 g/mol. The van der Waals surface area contributed by atoms with Gasteiger partial charge in [-0.25, -0.2) is 4.79 Å². The summed E-state index contributed by atoms with van der Waals surface area (Å²) in [4.78, 5) is 12.9. The van der Waals surface area contributed by atoms with Gasteiger partial charge < -0.3 is 20.7 Å². The highest BCUT2D eigenvalue weighted by Crippen LogP contribution is 2.14. The summed E-state index contributed by atoms with van der Waals surface area (Å²) in [5, 5.41) is 8.90. The Labute approximate surface area is 123 Å². The van der Waals surface area contributed by atoms with Gasteiger partial charge in [0.2, 0.25) is 0 Å². The quantitative estimate of drug-likeness (QED) is 0.714. The summed E-state index contributed by atoms with van der Waals surface area (Å²) < 4.78 is 5.51. The molecule has 0 aromatic heterocycles. The molecular formula is C14H21N3O2S. The van der Waals surface area contributed by atoms with Crippen molar-refractivity contribution in [3.63, 3.8) is 0 Å². The molecule has 0 spiro atoms. The molecule has 20 heavy (non-hydrogen) atoms. The van der Waals surface area contributed by atoms with E-state index in [9.17, 15) is 4.79 Å². The lowest BCUT2D eigenvalue weighted by molar-refractivity contribution is 0.0307. The summed E-state index contributed by atoms with van der Waals surface area (Å²) in [5.41, 5.74) is 1.09. The van der Waals surface area contributed by atoms with E-state index in [1.165, 1.54) is 4.90 Å². The van der Waals surface area contributed by atoms with Crippen LogP contribution in [0.15, 0.2) is 29.2 Å². The fraction of sp³-hybridized carbons (Fsp3) is 0.500. The number of ether oxygens (including phenoxy) is 1. The Morgan fingerprint density at radius 1 is 1.40 bits per heavy atom. The fourth-order valence-electron chi connectivity index (χ4n) is 1.95. The third-order valence-electron chi connectivity index (χ3n) is 3.11. The third-order valence-corrected chi connectivity index (χ3v) is 3.85. The predicted octanol–water partition coefficient (Wildman–Crippen LogP) is 1.20. The minimum Gasteiger partial charge on any atom is -0.374 e. The molecule has 6 heteroatoms. The molecule has 2 amide bonds. The first-order valence-corrected chi connectivity index (χ1v) is 7.97. The van der Waals surface area contributed by atoms with Crippen molar-refractivity contribution >= 4 is 17.8 Å². The first-order chi connectivity index (χ1) is 9.78. The number of carbonyl (C=O) groups excluding carboxylic acids is 1. The molecule has 2 rings (SSSR count). The van der Waals surface area contributed by atoms with Gasteiger partial charge in [-0.3, -0.25) is 0 Å².